The summed E-state index contributed by atoms with van der Waals surface area (Å²) in [4.78, 5) is 0. The summed E-state index contributed by atoms with van der Waals surface area (Å²) in [5.41, 5.74) is 0.945. The predicted octanol–water partition coefficient (Wildman–Crippen LogP) is 1.32. The summed E-state index contributed by atoms with van der Waals surface area (Å²) in [6.07, 6.45) is 5.94. The van der Waals surface area contributed by atoms with E-state index < -0.39 is 0 Å². The third-order valence-electron chi connectivity index (χ3n) is 2.06. The molecule has 0 spiro atoms. The predicted molar refractivity (Wildman–Crippen MR) is 53.8 cm³/mol. The van der Waals surface area contributed by atoms with Gasteiger partial charge in [0, 0.05) is 19.2 Å². The van der Waals surface area contributed by atoms with Gasteiger partial charge in [-0.05, 0) is 19.4 Å². The van der Waals surface area contributed by atoms with Gasteiger partial charge in [0.2, 0.25) is 0 Å². The van der Waals surface area contributed by atoms with Crippen LogP contribution in [0.4, 0.5) is 0 Å². The zero-order valence-corrected chi connectivity index (χ0v) is 8.41. The fourth-order valence-corrected chi connectivity index (χ4v) is 1.26. The summed E-state index contributed by atoms with van der Waals surface area (Å²) < 4.78 is 4.71. The molecule has 0 aliphatic carbocycles. The summed E-state index contributed by atoms with van der Waals surface area (Å²) in [5.74, 6) is 0. The molecule has 80 valence electrons. The van der Waals surface area contributed by atoms with Crippen molar-refractivity contribution in [3.05, 3.63) is 18.0 Å². The molecule has 0 fully saturated rings. The van der Waals surface area contributed by atoms with Crippen molar-refractivity contribution in [3.8, 4) is 0 Å². The summed E-state index contributed by atoms with van der Waals surface area (Å²) in [7, 11) is 0. The van der Waals surface area contributed by atoms with E-state index in [1.807, 2.05) is 6.07 Å². The van der Waals surface area contributed by atoms with Crippen LogP contribution in [-0.2, 0) is 6.54 Å². The average Bonchev–Trinajstić information content (AvgIpc) is 2.69. The third kappa shape index (κ3) is 4.99. The summed E-state index contributed by atoms with van der Waals surface area (Å²) in [6.45, 7) is 2.08. The van der Waals surface area contributed by atoms with Gasteiger partial charge in [-0.1, -0.05) is 18.0 Å². The van der Waals surface area contributed by atoms with E-state index in [0.717, 1.165) is 38.0 Å². The van der Waals surface area contributed by atoms with E-state index in [-0.39, 0.29) is 0 Å². The number of nitrogens with one attached hydrogen (secondary N) is 1. The van der Waals surface area contributed by atoms with Gasteiger partial charge in [-0.15, -0.1) is 0 Å². The number of unbranched alkanes of at least 4 members (excludes halogenated alkanes) is 3. The lowest BCUT2D eigenvalue weighted by Crippen LogP contribution is -2.14. The molecule has 0 unspecified atom stereocenters. The molecule has 1 aromatic rings. The Labute approximate surface area is 84.3 Å². The lowest BCUT2D eigenvalue weighted by atomic mass is 10.2. The van der Waals surface area contributed by atoms with E-state index in [9.17, 15) is 0 Å². The van der Waals surface area contributed by atoms with Gasteiger partial charge in [0.1, 0.15) is 6.26 Å². The molecule has 4 heteroatoms. The second-order valence-corrected chi connectivity index (χ2v) is 3.31. The van der Waals surface area contributed by atoms with Crippen molar-refractivity contribution in [2.45, 2.75) is 32.2 Å². The molecule has 2 N–H and O–H groups in total. The Bertz CT molecular complexity index is 212. The maximum Gasteiger partial charge on any atom is 0.124 e. The Morgan fingerprint density at radius 1 is 1.29 bits per heavy atom. The Morgan fingerprint density at radius 2 is 2.14 bits per heavy atom. The Morgan fingerprint density at radius 3 is 2.86 bits per heavy atom. The van der Waals surface area contributed by atoms with Crippen LogP contribution in [0.1, 0.15) is 31.4 Å². The normalized spacial score (nSPS) is 10.6. The van der Waals surface area contributed by atoms with Crippen LogP contribution in [-0.4, -0.2) is 23.4 Å². The number of aliphatic hydroxyl groups excluding tert-OH is 1. The van der Waals surface area contributed by atoms with E-state index >= 15 is 0 Å². The van der Waals surface area contributed by atoms with Gasteiger partial charge in [-0.3, -0.25) is 0 Å². The molecular formula is C10H18N2O2. The lowest BCUT2D eigenvalue weighted by Gasteiger charge is -2.01. The highest BCUT2D eigenvalue weighted by molar-refractivity contribution is 4.93. The minimum Gasteiger partial charge on any atom is -0.396 e. The Hall–Kier alpha value is -0.870. The van der Waals surface area contributed by atoms with Crippen LogP contribution < -0.4 is 5.32 Å². The third-order valence-corrected chi connectivity index (χ3v) is 2.06. The van der Waals surface area contributed by atoms with Crippen molar-refractivity contribution in [2.24, 2.45) is 0 Å². The van der Waals surface area contributed by atoms with Crippen LogP contribution in [0.15, 0.2) is 16.9 Å². The number of hydrogen-bond donors (Lipinski definition) is 2. The van der Waals surface area contributed by atoms with Crippen LogP contribution in [0.2, 0.25) is 0 Å². The number of rotatable bonds is 8. The molecule has 4 nitrogen and oxygen atoms in total. The zero-order chi connectivity index (χ0) is 10.1. The molecule has 0 amide bonds. The van der Waals surface area contributed by atoms with Crippen LogP contribution in [0.25, 0.3) is 0 Å². The van der Waals surface area contributed by atoms with Crippen molar-refractivity contribution in [1.82, 2.24) is 10.5 Å². The lowest BCUT2D eigenvalue weighted by molar-refractivity contribution is 0.282. The van der Waals surface area contributed by atoms with Crippen LogP contribution in [0, 0.1) is 0 Å². The molecule has 1 heterocycles. The first-order valence-electron chi connectivity index (χ1n) is 5.14. The minimum absolute atomic E-state index is 0.312. The van der Waals surface area contributed by atoms with Crippen LogP contribution in [0.5, 0.6) is 0 Å². The van der Waals surface area contributed by atoms with E-state index in [4.69, 9.17) is 9.63 Å². The second-order valence-electron chi connectivity index (χ2n) is 3.31. The molecule has 0 saturated carbocycles. The number of hydrogen-bond acceptors (Lipinski definition) is 4. The highest BCUT2D eigenvalue weighted by Crippen LogP contribution is 1.98. The first kappa shape index (κ1) is 11.2. The fourth-order valence-electron chi connectivity index (χ4n) is 1.26. The van der Waals surface area contributed by atoms with Crippen molar-refractivity contribution < 1.29 is 9.63 Å². The van der Waals surface area contributed by atoms with Gasteiger partial charge in [0.25, 0.3) is 0 Å². The van der Waals surface area contributed by atoms with E-state index in [1.54, 1.807) is 6.26 Å². The highest BCUT2D eigenvalue weighted by atomic mass is 16.5. The second kappa shape index (κ2) is 7.53. The molecule has 14 heavy (non-hydrogen) atoms. The van der Waals surface area contributed by atoms with Crippen LogP contribution >= 0.6 is 0 Å². The number of nitrogens with zero attached hydrogens (tertiary/aromatic N) is 1. The summed E-state index contributed by atoms with van der Waals surface area (Å²) in [5, 5.41) is 15.6. The minimum atomic E-state index is 0.312. The molecule has 0 atom stereocenters. The Balaban J connectivity index is 1.85. The molecule has 0 aliphatic heterocycles. The van der Waals surface area contributed by atoms with Gasteiger partial charge < -0.3 is 14.9 Å². The van der Waals surface area contributed by atoms with Gasteiger partial charge in [0.15, 0.2) is 0 Å². The van der Waals surface area contributed by atoms with Gasteiger partial charge >= 0.3 is 0 Å². The summed E-state index contributed by atoms with van der Waals surface area (Å²) >= 11 is 0. The quantitative estimate of drug-likeness (QED) is 0.618. The smallest absolute Gasteiger partial charge is 0.124 e. The first-order valence-corrected chi connectivity index (χ1v) is 5.14. The van der Waals surface area contributed by atoms with E-state index in [1.165, 1.54) is 6.42 Å². The first-order chi connectivity index (χ1) is 6.93. The van der Waals surface area contributed by atoms with E-state index in [2.05, 4.69) is 10.5 Å². The molecule has 0 bridgehead atoms. The monoisotopic (exact) mass is 198 g/mol. The molecule has 1 aromatic heterocycles. The zero-order valence-electron chi connectivity index (χ0n) is 8.41. The van der Waals surface area contributed by atoms with E-state index in [0.29, 0.717) is 6.61 Å². The van der Waals surface area contributed by atoms with Crippen molar-refractivity contribution in [2.75, 3.05) is 13.2 Å². The standard InChI is InChI=1S/C10H18N2O2/c13-7-4-2-1-3-6-11-9-10-5-8-14-12-10/h5,8,11,13H,1-4,6-7,9H2. The fraction of sp³-hybridized carbons (Fsp3) is 0.700. The number of aliphatic hydroxyl groups is 1. The maximum atomic E-state index is 8.56. The summed E-state index contributed by atoms with van der Waals surface area (Å²) in [6, 6.07) is 1.86. The SMILES string of the molecule is OCCCCCCNCc1ccon1. The molecule has 1 rings (SSSR count). The molecule has 0 aromatic carbocycles. The Kier molecular flexibility index (Phi) is 6.02. The molecular weight excluding hydrogens is 180 g/mol. The van der Waals surface area contributed by atoms with Gasteiger partial charge in [0.05, 0.1) is 5.69 Å². The maximum absolute atomic E-state index is 8.56. The topological polar surface area (TPSA) is 58.3 Å². The van der Waals surface area contributed by atoms with Crippen molar-refractivity contribution in [1.29, 1.82) is 0 Å². The molecule has 0 radical (unpaired) electrons. The van der Waals surface area contributed by atoms with Gasteiger partial charge in [-0.2, -0.15) is 0 Å². The largest absolute Gasteiger partial charge is 0.396 e. The highest BCUT2D eigenvalue weighted by Gasteiger charge is 1.94. The average molecular weight is 198 g/mol. The molecule has 0 aliphatic rings. The van der Waals surface area contributed by atoms with Gasteiger partial charge in [-0.25, -0.2) is 0 Å². The number of aromatic nitrogens is 1. The van der Waals surface area contributed by atoms with Crippen molar-refractivity contribution >= 4 is 0 Å². The van der Waals surface area contributed by atoms with Crippen LogP contribution in [0.3, 0.4) is 0 Å². The molecule has 0 saturated heterocycles. The van der Waals surface area contributed by atoms with Crippen molar-refractivity contribution in [3.63, 3.8) is 0 Å².